The summed E-state index contributed by atoms with van der Waals surface area (Å²) in [4.78, 5) is 5.16. The summed E-state index contributed by atoms with van der Waals surface area (Å²) in [6.45, 7) is 1.70. The Morgan fingerprint density at radius 1 is 1.35 bits per heavy atom. The second kappa shape index (κ2) is 6.00. The molecule has 3 N–H and O–H groups in total. The predicted octanol–water partition coefficient (Wildman–Crippen LogP) is 2.71. The molecule has 0 spiro atoms. The molecule has 5 heteroatoms. The van der Waals surface area contributed by atoms with E-state index in [4.69, 9.17) is 17.3 Å². The molecule has 0 atom stereocenters. The lowest BCUT2D eigenvalue weighted by molar-refractivity contribution is 0.693. The number of nitrogens with zero attached hydrogens (tertiary/aromatic N) is 1. The predicted molar refractivity (Wildman–Crippen MR) is 73.4 cm³/mol. The van der Waals surface area contributed by atoms with Gasteiger partial charge in [-0.15, -0.1) is 11.3 Å². The summed E-state index contributed by atoms with van der Waals surface area (Å²) >= 11 is 7.59. The smallest absolute Gasteiger partial charge is 0.180 e. The van der Waals surface area contributed by atoms with Crippen LogP contribution >= 0.6 is 22.9 Å². The molecule has 1 aromatic carbocycles. The van der Waals surface area contributed by atoms with Crippen LogP contribution in [-0.4, -0.2) is 11.5 Å². The third kappa shape index (κ3) is 3.70. The normalized spacial score (nSPS) is 10.6. The Morgan fingerprint density at radius 2 is 2.18 bits per heavy atom. The Bertz CT molecular complexity index is 484. The summed E-state index contributed by atoms with van der Waals surface area (Å²) in [5.74, 6) is 0. The minimum atomic E-state index is 0.618. The average Bonchev–Trinajstić information content (AvgIpc) is 2.73. The van der Waals surface area contributed by atoms with Crippen molar-refractivity contribution in [2.45, 2.75) is 13.0 Å². The highest BCUT2D eigenvalue weighted by atomic mass is 35.5. The number of rotatable bonds is 5. The van der Waals surface area contributed by atoms with Gasteiger partial charge in [-0.1, -0.05) is 29.8 Å². The molecule has 0 unspecified atom stereocenters. The fraction of sp³-hybridized carbons (Fsp3) is 0.250. The zero-order chi connectivity index (χ0) is 12.1. The summed E-state index contributed by atoms with van der Waals surface area (Å²) in [5.41, 5.74) is 6.73. The lowest BCUT2D eigenvalue weighted by Gasteiger charge is -2.04. The van der Waals surface area contributed by atoms with Crippen LogP contribution in [0.4, 0.5) is 5.13 Å². The highest BCUT2D eigenvalue weighted by molar-refractivity contribution is 7.15. The van der Waals surface area contributed by atoms with Crippen molar-refractivity contribution in [2.24, 2.45) is 0 Å². The number of nitrogen functional groups attached to an aromatic ring is 1. The van der Waals surface area contributed by atoms with Crippen molar-refractivity contribution in [2.75, 3.05) is 12.3 Å². The minimum Gasteiger partial charge on any atom is -0.375 e. The van der Waals surface area contributed by atoms with Crippen LogP contribution in [0.5, 0.6) is 0 Å². The van der Waals surface area contributed by atoms with E-state index in [-0.39, 0.29) is 0 Å². The molecule has 0 saturated carbocycles. The first-order chi connectivity index (χ1) is 8.25. The van der Waals surface area contributed by atoms with Crippen LogP contribution in [0.3, 0.4) is 0 Å². The van der Waals surface area contributed by atoms with Gasteiger partial charge >= 0.3 is 0 Å². The van der Waals surface area contributed by atoms with Gasteiger partial charge in [-0.3, -0.25) is 0 Å². The van der Waals surface area contributed by atoms with Gasteiger partial charge in [0.1, 0.15) is 0 Å². The van der Waals surface area contributed by atoms with Crippen molar-refractivity contribution in [3.05, 3.63) is 45.9 Å². The monoisotopic (exact) mass is 267 g/mol. The van der Waals surface area contributed by atoms with Crippen LogP contribution in [0, 0.1) is 0 Å². The van der Waals surface area contributed by atoms with E-state index in [1.807, 2.05) is 24.4 Å². The molecular formula is C12H14ClN3S. The maximum Gasteiger partial charge on any atom is 0.180 e. The van der Waals surface area contributed by atoms with Crippen LogP contribution in [-0.2, 0) is 13.0 Å². The highest BCUT2D eigenvalue weighted by Crippen LogP contribution is 2.15. The molecule has 0 aliphatic rings. The van der Waals surface area contributed by atoms with Crippen molar-refractivity contribution in [1.29, 1.82) is 0 Å². The summed E-state index contributed by atoms with van der Waals surface area (Å²) in [6.07, 6.45) is 2.73. The number of nitrogens with one attached hydrogen (secondary N) is 1. The second-order valence-corrected chi connectivity index (χ2v) is 5.24. The fourth-order valence-corrected chi connectivity index (χ4v) is 2.42. The van der Waals surface area contributed by atoms with Gasteiger partial charge in [0, 0.05) is 22.6 Å². The van der Waals surface area contributed by atoms with Gasteiger partial charge < -0.3 is 11.1 Å². The molecule has 0 bridgehead atoms. The summed E-state index contributed by atoms with van der Waals surface area (Å²) in [6, 6.07) is 7.92. The minimum absolute atomic E-state index is 0.618. The zero-order valence-corrected chi connectivity index (χ0v) is 10.9. The van der Waals surface area contributed by atoms with Crippen molar-refractivity contribution in [1.82, 2.24) is 10.3 Å². The standard InChI is InChI=1S/C12H14ClN3S/c13-11-4-2-1-3-9(11)5-6-15-7-10-8-16-12(14)17-10/h1-4,8,15H,5-7H2,(H2,14,16). The number of thiazole rings is 1. The maximum atomic E-state index is 6.07. The Morgan fingerprint density at radius 3 is 2.88 bits per heavy atom. The molecule has 2 aromatic rings. The quantitative estimate of drug-likeness (QED) is 0.819. The topological polar surface area (TPSA) is 50.9 Å². The number of hydrogen-bond donors (Lipinski definition) is 2. The maximum absolute atomic E-state index is 6.07. The number of nitrogens with two attached hydrogens (primary N) is 1. The Labute approximate surface area is 110 Å². The van der Waals surface area contributed by atoms with Crippen molar-refractivity contribution < 1.29 is 0 Å². The van der Waals surface area contributed by atoms with E-state index in [9.17, 15) is 0 Å². The van der Waals surface area contributed by atoms with E-state index in [1.54, 1.807) is 0 Å². The number of benzene rings is 1. The van der Waals surface area contributed by atoms with Crippen LogP contribution < -0.4 is 11.1 Å². The fourth-order valence-electron chi connectivity index (χ4n) is 1.54. The third-order valence-corrected chi connectivity index (χ3v) is 3.59. The molecule has 0 aliphatic heterocycles. The number of halogens is 1. The van der Waals surface area contributed by atoms with E-state index in [2.05, 4.69) is 16.4 Å². The van der Waals surface area contributed by atoms with Gasteiger partial charge in [0.2, 0.25) is 0 Å². The largest absolute Gasteiger partial charge is 0.375 e. The summed E-state index contributed by atoms with van der Waals surface area (Å²) < 4.78 is 0. The van der Waals surface area contributed by atoms with Crippen LogP contribution in [0.1, 0.15) is 10.4 Å². The molecule has 3 nitrogen and oxygen atoms in total. The Balaban J connectivity index is 1.75. The van der Waals surface area contributed by atoms with Crippen molar-refractivity contribution in [3.8, 4) is 0 Å². The molecule has 2 rings (SSSR count). The molecule has 0 saturated heterocycles. The SMILES string of the molecule is Nc1ncc(CNCCc2ccccc2Cl)s1. The van der Waals surface area contributed by atoms with E-state index in [1.165, 1.54) is 16.9 Å². The zero-order valence-electron chi connectivity index (χ0n) is 9.32. The number of aromatic nitrogens is 1. The molecule has 17 heavy (non-hydrogen) atoms. The summed E-state index contributed by atoms with van der Waals surface area (Å²) in [7, 11) is 0. The van der Waals surface area contributed by atoms with E-state index < -0.39 is 0 Å². The lowest BCUT2D eigenvalue weighted by atomic mass is 10.1. The van der Waals surface area contributed by atoms with E-state index >= 15 is 0 Å². The van der Waals surface area contributed by atoms with Crippen molar-refractivity contribution in [3.63, 3.8) is 0 Å². The first kappa shape index (κ1) is 12.4. The summed E-state index contributed by atoms with van der Waals surface area (Å²) in [5, 5.41) is 4.80. The molecule has 0 aliphatic carbocycles. The third-order valence-electron chi connectivity index (χ3n) is 2.40. The number of hydrogen-bond acceptors (Lipinski definition) is 4. The Hall–Kier alpha value is -1.10. The molecule has 0 fully saturated rings. The highest BCUT2D eigenvalue weighted by Gasteiger charge is 2.00. The molecular weight excluding hydrogens is 254 g/mol. The first-order valence-electron chi connectivity index (χ1n) is 5.40. The van der Waals surface area contributed by atoms with Gasteiger partial charge in [-0.25, -0.2) is 4.98 Å². The van der Waals surface area contributed by atoms with Gasteiger partial charge in [0.05, 0.1) is 0 Å². The van der Waals surface area contributed by atoms with E-state index in [0.717, 1.165) is 29.4 Å². The van der Waals surface area contributed by atoms with Crippen LogP contribution in [0.15, 0.2) is 30.5 Å². The van der Waals surface area contributed by atoms with Gasteiger partial charge in [0.15, 0.2) is 5.13 Å². The first-order valence-corrected chi connectivity index (χ1v) is 6.59. The number of anilines is 1. The molecule has 1 heterocycles. The van der Waals surface area contributed by atoms with Crippen LogP contribution in [0.2, 0.25) is 5.02 Å². The van der Waals surface area contributed by atoms with Crippen molar-refractivity contribution >= 4 is 28.1 Å². The van der Waals surface area contributed by atoms with Crippen LogP contribution in [0.25, 0.3) is 0 Å². The molecule has 0 radical (unpaired) electrons. The lowest BCUT2D eigenvalue weighted by Crippen LogP contribution is -2.16. The second-order valence-electron chi connectivity index (χ2n) is 3.68. The van der Waals surface area contributed by atoms with Gasteiger partial charge in [0.25, 0.3) is 0 Å². The van der Waals surface area contributed by atoms with E-state index in [0.29, 0.717) is 5.13 Å². The Kier molecular flexibility index (Phi) is 4.36. The molecule has 90 valence electrons. The molecule has 0 amide bonds. The molecule has 1 aromatic heterocycles. The van der Waals surface area contributed by atoms with Gasteiger partial charge in [-0.2, -0.15) is 0 Å². The average molecular weight is 268 g/mol. The van der Waals surface area contributed by atoms with Gasteiger partial charge in [-0.05, 0) is 24.6 Å².